The number of aliphatic hydroxyl groups excluding tert-OH is 1. The topological polar surface area (TPSA) is 177 Å². The molecule has 0 saturated carbocycles. The molecular formula is C26H36N2O11. The molecule has 2 saturated heterocycles. The molecule has 13 heteroatoms. The average Bonchev–Trinajstić information content (AvgIpc) is 3.46. The molecule has 0 spiro atoms. The standard InChI is InChI=1S/C13H17NO5.C7H9NO3.C6H10O3/c1-4-14-6-5-10(11(14)15)13(17)19-8-7-18-12(16)9(2)3;1-2-8-4-3-5(6(8)9)7(10)11;1-5(2)6(8)9-4-3-7/h4,10H,1-2,5-8H2,3H3;2,5H,1,3-4H2,(H,10,11);7H,1,3-4H2,2H3. The number of carbonyl (C=O) groups excluding carboxylic acids is 5. The Labute approximate surface area is 227 Å². The zero-order valence-electron chi connectivity index (χ0n) is 22.3. The molecule has 39 heavy (non-hydrogen) atoms. The Morgan fingerprint density at radius 1 is 0.821 bits per heavy atom. The van der Waals surface area contributed by atoms with Crippen molar-refractivity contribution in [2.24, 2.45) is 11.8 Å². The van der Waals surface area contributed by atoms with E-state index in [0.717, 1.165) is 0 Å². The summed E-state index contributed by atoms with van der Waals surface area (Å²) in [6.07, 6.45) is 3.56. The van der Waals surface area contributed by atoms with Gasteiger partial charge >= 0.3 is 23.9 Å². The lowest BCUT2D eigenvalue weighted by molar-refractivity contribution is -0.156. The number of nitrogens with zero attached hydrogens (tertiary/aromatic N) is 2. The van der Waals surface area contributed by atoms with E-state index in [1.54, 1.807) is 6.92 Å². The van der Waals surface area contributed by atoms with Gasteiger partial charge in [0.05, 0.1) is 6.61 Å². The van der Waals surface area contributed by atoms with Crippen LogP contribution in [-0.4, -0.2) is 95.2 Å². The zero-order valence-corrected chi connectivity index (χ0v) is 22.3. The Hall–Kier alpha value is -4.26. The number of likely N-dealkylation sites (tertiary alicyclic amines) is 2. The van der Waals surface area contributed by atoms with E-state index in [1.165, 1.54) is 29.1 Å². The lowest BCUT2D eigenvalue weighted by Crippen LogP contribution is -2.28. The van der Waals surface area contributed by atoms with E-state index in [4.69, 9.17) is 19.7 Å². The summed E-state index contributed by atoms with van der Waals surface area (Å²) >= 11 is 0. The summed E-state index contributed by atoms with van der Waals surface area (Å²) < 4.78 is 14.1. The van der Waals surface area contributed by atoms with Gasteiger partial charge in [-0.1, -0.05) is 26.3 Å². The number of carboxylic acids is 1. The van der Waals surface area contributed by atoms with E-state index in [1.807, 2.05) is 0 Å². The van der Waals surface area contributed by atoms with Crippen molar-refractivity contribution in [3.05, 3.63) is 49.9 Å². The normalized spacial score (nSPS) is 17.5. The third-order valence-corrected chi connectivity index (χ3v) is 5.09. The maximum absolute atomic E-state index is 11.7. The summed E-state index contributed by atoms with van der Waals surface area (Å²) in [4.78, 5) is 69.0. The van der Waals surface area contributed by atoms with E-state index in [2.05, 4.69) is 31.1 Å². The minimum absolute atomic E-state index is 0.0473. The van der Waals surface area contributed by atoms with Crippen LogP contribution in [0, 0.1) is 11.8 Å². The summed E-state index contributed by atoms with van der Waals surface area (Å²) in [6, 6.07) is 0. The first-order valence-electron chi connectivity index (χ1n) is 11.8. The van der Waals surface area contributed by atoms with Crippen molar-refractivity contribution < 1.29 is 53.2 Å². The highest BCUT2D eigenvalue weighted by Gasteiger charge is 2.37. The Balaban J connectivity index is 0.000000612. The van der Waals surface area contributed by atoms with Crippen LogP contribution in [0.1, 0.15) is 26.7 Å². The van der Waals surface area contributed by atoms with E-state index >= 15 is 0 Å². The smallest absolute Gasteiger partial charge is 0.333 e. The molecule has 216 valence electrons. The predicted molar refractivity (Wildman–Crippen MR) is 137 cm³/mol. The monoisotopic (exact) mass is 552 g/mol. The van der Waals surface area contributed by atoms with Crippen molar-refractivity contribution >= 4 is 35.7 Å². The summed E-state index contributed by atoms with van der Waals surface area (Å²) in [7, 11) is 0. The second-order valence-electron chi connectivity index (χ2n) is 8.17. The number of aliphatic hydroxyl groups is 1. The van der Waals surface area contributed by atoms with Crippen LogP contribution in [0.3, 0.4) is 0 Å². The van der Waals surface area contributed by atoms with Gasteiger partial charge in [0.15, 0.2) is 0 Å². The molecule has 0 aliphatic carbocycles. The fourth-order valence-electron chi connectivity index (χ4n) is 2.98. The second-order valence-corrected chi connectivity index (χ2v) is 8.17. The van der Waals surface area contributed by atoms with Crippen molar-refractivity contribution in [1.82, 2.24) is 9.80 Å². The highest BCUT2D eigenvalue weighted by molar-refractivity contribution is 6.00. The number of amides is 2. The Kier molecular flexibility index (Phi) is 16.1. The van der Waals surface area contributed by atoms with Crippen LogP contribution in [0.25, 0.3) is 0 Å². The average molecular weight is 553 g/mol. The molecule has 0 aromatic carbocycles. The molecule has 2 aliphatic rings. The molecule has 13 nitrogen and oxygen atoms in total. The maximum atomic E-state index is 11.7. The first kappa shape index (κ1) is 34.7. The SMILES string of the molecule is C=C(C)C(=O)OCCO.C=CN1CCC(C(=O)O)C1=O.C=CN1CCC(C(=O)OCCOC(=O)C(=C)C)C1=O. The lowest BCUT2D eigenvalue weighted by atomic mass is 10.1. The van der Waals surface area contributed by atoms with Crippen LogP contribution < -0.4 is 0 Å². The number of carbonyl (C=O) groups is 6. The van der Waals surface area contributed by atoms with Crippen molar-refractivity contribution in [2.75, 3.05) is 39.5 Å². The summed E-state index contributed by atoms with van der Waals surface area (Å²) in [5, 5.41) is 16.7. The highest BCUT2D eigenvalue weighted by Crippen LogP contribution is 2.19. The van der Waals surface area contributed by atoms with E-state index in [9.17, 15) is 28.8 Å². The molecule has 2 rings (SSSR count). The Morgan fingerprint density at radius 3 is 1.59 bits per heavy atom. The minimum Gasteiger partial charge on any atom is -0.481 e. The van der Waals surface area contributed by atoms with Gasteiger partial charge in [0, 0.05) is 24.2 Å². The first-order valence-corrected chi connectivity index (χ1v) is 11.8. The lowest BCUT2D eigenvalue weighted by Gasteiger charge is -2.11. The number of rotatable bonds is 11. The van der Waals surface area contributed by atoms with E-state index in [-0.39, 0.29) is 43.8 Å². The third kappa shape index (κ3) is 12.2. The highest BCUT2D eigenvalue weighted by atomic mass is 16.6. The van der Waals surface area contributed by atoms with Crippen LogP contribution >= 0.6 is 0 Å². The molecule has 2 atom stereocenters. The van der Waals surface area contributed by atoms with E-state index in [0.29, 0.717) is 31.5 Å². The van der Waals surface area contributed by atoms with Crippen molar-refractivity contribution in [1.29, 1.82) is 0 Å². The van der Waals surface area contributed by atoms with Crippen LogP contribution in [0.2, 0.25) is 0 Å². The van der Waals surface area contributed by atoms with Gasteiger partial charge in [-0.05, 0) is 39.1 Å². The summed E-state index contributed by atoms with van der Waals surface area (Å²) in [6.45, 7) is 17.5. The number of hydrogen-bond donors (Lipinski definition) is 2. The fourth-order valence-corrected chi connectivity index (χ4v) is 2.98. The van der Waals surface area contributed by atoms with Gasteiger partial charge in [0.25, 0.3) is 0 Å². The van der Waals surface area contributed by atoms with Gasteiger partial charge in [0.1, 0.15) is 31.7 Å². The number of ether oxygens (including phenoxy) is 3. The predicted octanol–water partition coefficient (Wildman–Crippen LogP) is 0.802. The third-order valence-electron chi connectivity index (χ3n) is 5.09. The van der Waals surface area contributed by atoms with Gasteiger partial charge in [0.2, 0.25) is 11.8 Å². The largest absolute Gasteiger partial charge is 0.481 e. The molecule has 2 heterocycles. The molecule has 2 amide bonds. The molecule has 2 N–H and O–H groups in total. The fraction of sp³-hybridized carbons (Fsp3) is 0.462. The molecule has 0 bridgehead atoms. The molecule has 2 unspecified atom stereocenters. The van der Waals surface area contributed by atoms with Crippen molar-refractivity contribution in [3.63, 3.8) is 0 Å². The molecule has 2 fully saturated rings. The summed E-state index contributed by atoms with van der Waals surface area (Å²) in [5.41, 5.74) is 0.627. The second kappa shape index (κ2) is 18.1. The Bertz CT molecular complexity index is 973. The van der Waals surface area contributed by atoms with Gasteiger partial charge in [-0.25, -0.2) is 9.59 Å². The Morgan fingerprint density at radius 2 is 1.23 bits per heavy atom. The molecule has 0 aromatic rings. The number of aliphatic carboxylic acids is 1. The van der Waals surface area contributed by atoms with Crippen molar-refractivity contribution in [3.8, 4) is 0 Å². The molecular weight excluding hydrogens is 516 g/mol. The molecule has 0 aromatic heterocycles. The van der Waals surface area contributed by atoms with Crippen LogP contribution in [-0.2, 0) is 43.0 Å². The van der Waals surface area contributed by atoms with Crippen LogP contribution in [0.5, 0.6) is 0 Å². The van der Waals surface area contributed by atoms with Crippen LogP contribution in [0.4, 0.5) is 0 Å². The minimum atomic E-state index is -1.04. The quantitative estimate of drug-likeness (QED) is 0.122. The maximum Gasteiger partial charge on any atom is 0.333 e. The van der Waals surface area contributed by atoms with Gasteiger partial charge in [-0.15, -0.1) is 0 Å². The molecule has 0 radical (unpaired) electrons. The van der Waals surface area contributed by atoms with Crippen LogP contribution in [0.15, 0.2) is 49.9 Å². The first-order chi connectivity index (χ1) is 18.3. The van der Waals surface area contributed by atoms with Gasteiger partial charge in [-0.3, -0.25) is 19.2 Å². The van der Waals surface area contributed by atoms with Crippen molar-refractivity contribution in [2.45, 2.75) is 26.7 Å². The van der Waals surface area contributed by atoms with E-state index < -0.39 is 35.7 Å². The summed E-state index contributed by atoms with van der Waals surface area (Å²) in [5.74, 6) is -4.93. The number of esters is 3. The number of carboxylic acid groups (broad SMARTS) is 1. The van der Waals surface area contributed by atoms with Gasteiger partial charge in [-0.2, -0.15) is 0 Å². The zero-order chi connectivity index (χ0) is 30.1. The van der Waals surface area contributed by atoms with Gasteiger partial charge < -0.3 is 34.2 Å². The number of hydrogen-bond acceptors (Lipinski definition) is 10. The molecule has 2 aliphatic heterocycles.